The third-order valence-corrected chi connectivity index (χ3v) is 4.20. The SMILES string of the molecule is Cc1cccc(CC(=O)N2CCN(C(=O)c3cc(C)on3)CC2)c1. The predicted molar refractivity (Wildman–Crippen MR) is 88.6 cm³/mol. The molecule has 0 spiro atoms. The average Bonchev–Trinajstić information content (AvgIpc) is 3.01. The van der Waals surface area contributed by atoms with E-state index in [1.807, 2.05) is 36.1 Å². The number of carbonyl (C=O) groups excluding carboxylic acids is 2. The van der Waals surface area contributed by atoms with Crippen molar-refractivity contribution in [1.29, 1.82) is 0 Å². The number of hydrogen-bond donors (Lipinski definition) is 0. The fourth-order valence-electron chi connectivity index (χ4n) is 2.90. The lowest BCUT2D eigenvalue weighted by Crippen LogP contribution is -2.51. The predicted octanol–water partition coefficient (Wildman–Crippen LogP) is 1.82. The Kier molecular flexibility index (Phi) is 4.64. The minimum atomic E-state index is -0.141. The summed E-state index contributed by atoms with van der Waals surface area (Å²) in [5, 5.41) is 3.76. The lowest BCUT2D eigenvalue weighted by atomic mass is 10.1. The van der Waals surface area contributed by atoms with E-state index in [9.17, 15) is 9.59 Å². The second-order valence-electron chi connectivity index (χ2n) is 6.16. The van der Waals surface area contributed by atoms with Crippen LogP contribution in [0, 0.1) is 13.8 Å². The molecule has 24 heavy (non-hydrogen) atoms. The van der Waals surface area contributed by atoms with Gasteiger partial charge in [0.1, 0.15) is 5.76 Å². The lowest BCUT2D eigenvalue weighted by molar-refractivity contribution is -0.131. The summed E-state index contributed by atoms with van der Waals surface area (Å²) < 4.78 is 4.95. The monoisotopic (exact) mass is 327 g/mol. The van der Waals surface area contributed by atoms with Crippen molar-refractivity contribution in [3.8, 4) is 0 Å². The highest BCUT2D eigenvalue weighted by atomic mass is 16.5. The number of aromatic nitrogens is 1. The second-order valence-corrected chi connectivity index (χ2v) is 6.16. The molecule has 0 radical (unpaired) electrons. The minimum absolute atomic E-state index is 0.102. The van der Waals surface area contributed by atoms with Gasteiger partial charge in [-0.3, -0.25) is 9.59 Å². The van der Waals surface area contributed by atoms with Crippen molar-refractivity contribution in [2.24, 2.45) is 0 Å². The lowest BCUT2D eigenvalue weighted by Gasteiger charge is -2.34. The molecule has 6 nitrogen and oxygen atoms in total. The largest absolute Gasteiger partial charge is 0.361 e. The first kappa shape index (κ1) is 16.2. The Morgan fingerprint density at radius 2 is 1.79 bits per heavy atom. The molecule has 3 rings (SSSR count). The van der Waals surface area contributed by atoms with Crippen LogP contribution < -0.4 is 0 Å². The summed E-state index contributed by atoms with van der Waals surface area (Å²) in [5.74, 6) is 0.577. The van der Waals surface area contributed by atoms with E-state index in [1.165, 1.54) is 0 Å². The molecule has 0 N–H and O–H groups in total. The maximum Gasteiger partial charge on any atom is 0.276 e. The number of hydrogen-bond acceptors (Lipinski definition) is 4. The van der Waals surface area contributed by atoms with Crippen molar-refractivity contribution in [1.82, 2.24) is 15.0 Å². The van der Waals surface area contributed by atoms with Gasteiger partial charge < -0.3 is 14.3 Å². The van der Waals surface area contributed by atoms with Crippen LogP contribution in [0.15, 0.2) is 34.9 Å². The normalized spacial score (nSPS) is 14.8. The zero-order valence-corrected chi connectivity index (χ0v) is 14.0. The molecule has 0 saturated carbocycles. The summed E-state index contributed by atoms with van der Waals surface area (Å²) in [6, 6.07) is 9.62. The second kappa shape index (κ2) is 6.86. The molecule has 1 saturated heterocycles. The van der Waals surface area contributed by atoms with Crippen molar-refractivity contribution in [3.05, 3.63) is 52.9 Å². The molecular weight excluding hydrogens is 306 g/mol. The first-order valence-corrected chi connectivity index (χ1v) is 8.09. The van der Waals surface area contributed by atoms with Crippen LogP contribution in [0.5, 0.6) is 0 Å². The topological polar surface area (TPSA) is 66.7 Å². The van der Waals surface area contributed by atoms with E-state index in [4.69, 9.17) is 4.52 Å². The van der Waals surface area contributed by atoms with Crippen LogP contribution in [-0.4, -0.2) is 52.9 Å². The van der Waals surface area contributed by atoms with E-state index in [2.05, 4.69) is 5.16 Å². The highest BCUT2D eigenvalue weighted by molar-refractivity contribution is 5.92. The fourth-order valence-corrected chi connectivity index (χ4v) is 2.90. The molecule has 2 aromatic rings. The smallest absolute Gasteiger partial charge is 0.276 e. The molecule has 1 aliphatic rings. The molecule has 1 fully saturated rings. The molecule has 0 atom stereocenters. The maximum atomic E-state index is 12.4. The number of aryl methyl sites for hydroxylation is 2. The minimum Gasteiger partial charge on any atom is -0.361 e. The van der Waals surface area contributed by atoms with Gasteiger partial charge in [0.05, 0.1) is 6.42 Å². The van der Waals surface area contributed by atoms with Crippen LogP contribution in [0.3, 0.4) is 0 Å². The van der Waals surface area contributed by atoms with E-state index < -0.39 is 0 Å². The van der Waals surface area contributed by atoms with Gasteiger partial charge in [-0.05, 0) is 19.4 Å². The van der Waals surface area contributed by atoms with Crippen LogP contribution in [0.2, 0.25) is 0 Å². The molecule has 1 aliphatic heterocycles. The van der Waals surface area contributed by atoms with Crippen LogP contribution in [0.1, 0.15) is 27.4 Å². The molecule has 1 aromatic carbocycles. The van der Waals surface area contributed by atoms with E-state index >= 15 is 0 Å². The van der Waals surface area contributed by atoms with Gasteiger partial charge in [0.2, 0.25) is 5.91 Å². The van der Waals surface area contributed by atoms with E-state index in [0.29, 0.717) is 44.1 Å². The van der Waals surface area contributed by atoms with Crippen LogP contribution in [0.25, 0.3) is 0 Å². The van der Waals surface area contributed by atoms with Gasteiger partial charge in [0, 0.05) is 32.2 Å². The van der Waals surface area contributed by atoms with Crippen molar-refractivity contribution >= 4 is 11.8 Å². The van der Waals surface area contributed by atoms with Crippen LogP contribution >= 0.6 is 0 Å². The summed E-state index contributed by atoms with van der Waals surface area (Å²) in [6.45, 7) is 5.91. The van der Waals surface area contributed by atoms with E-state index in [-0.39, 0.29) is 11.8 Å². The van der Waals surface area contributed by atoms with E-state index in [1.54, 1.807) is 17.9 Å². The maximum absolute atomic E-state index is 12.4. The molecule has 2 heterocycles. The third-order valence-electron chi connectivity index (χ3n) is 4.20. The Morgan fingerprint density at radius 1 is 1.08 bits per heavy atom. The summed E-state index contributed by atoms with van der Waals surface area (Å²) in [6.07, 6.45) is 0.401. The van der Waals surface area contributed by atoms with Gasteiger partial charge in [-0.15, -0.1) is 0 Å². The number of nitrogens with zero attached hydrogens (tertiary/aromatic N) is 3. The van der Waals surface area contributed by atoms with E-state index in [0.717, 1.165) is 11.1 Å². The number of carbonyl (C=O) groups is 2. The highest BCUT2D eigenvalue weighted by Crippen LogP contribution is 2.11. The Morgan fingerprint density at radius 3 is 2.42 bits per heavy atom. The Labute approximate surface area is 141 Å². The Hall–Kier alpha value is -2.63. The fraction of sp³-hybridized carbons (Fsp3) is 0.389. The number of rotatable bonds is 3. The first-order valence-electron chi connectivity index (χ1n) is 8.09. The Bertz CT molecular complexity index is 745. The summed E-state index contributed by atoms with van der Waals surface area (Å²) in [4.78, 5) is 28.3. The van der Waals surface area contributed by atoms with Gasteiger partial charge in [0.25, 0.3) is 5.91 Å². The van der Waals surface area contributed by atoms with Gasteiger partial charge in [0.15, 0.2) is 5.69 Å². The third kappa shape index (κ3) is 3.64. The summed E-state index contributed by atoms with van der Waals surface area (Å²) in [5.41, 5.74) is 2.50. The zero-order valence-electron chi connectivity index (χ0n) is 14.0. The molecular formula is C18H21N3O3. The molecule has 126 valence electrons. The standard InChI is InChI=1S/C18H21N3O3/c1-13-4-3-5-15(10-13)12-17(22)20-6-8-21(9-7-20)18(23)16-11-14(2)24-19-16/h3-5,10-11H,6-9,12H2,1-2H3. The first-order chi connectivity index (χ1) is 11.5. The summed E-state index contributed by atoms with van der Waals surface area (Å²) in [7, 11) is 0. The Balaban J connectivity index is 1.54. The molecule has 0 aliphatic carbocycles. The number of benzene rings is 1. The number of amides is 2. The molecule has 6 heteroatoms. The van der Waals surface area contributed by atoms with Crippen LogP contribution in [-0.2, 0) is 11.2 Å². The highest BCUT2D eigenvalue weighted by Gasteiger charge is 2.26. The molecule has 2 amide bonds. The zero-order chi connectivity index (χ0) is 17.1. The number of piperazine rings is 1. The van der Waals surface area contributed by atoms with Gasteiger partial charge in [-0.25, -0.2) is 0 Å². The molecule has 1 aromatic heterocycles. The summed E-state index contributed by atoms with van der Waals surface area (Å²) >= 11 is 0. The molecule has 0 bridgehead atoms. The van der Waals surface area contributed by atoms with Crippen molar-refractivity contribution < 1.29 is 14.1 Å². The van der Waals surface area contributed by atoms with Gasteiger partial charge in [-0.1, -0.05) is 35.0 Å². The van der Waals surface area contributed by atoms with Crippen molar-refractivity contribution in [2.75, 3.05) is 26.2 Å². The quantitative estimate of drug-likeness (QED) is 0.862. The van der Waals surface area contributed by atoms with Crippen molar-refractivity contribution in [2.45, 2.75) is 20.3 Å². The van der Waals surface area contributed by atoms with Crippen molar-refractivity contribution in [3.63, 3.8) is 0 Å². The van der Waals surface area contributed by atoms with Crippen LogP contribution in [0.4, 0.5) is 0 Å². The molecule has 0 unspecified atom stereocenters. The van der Waals surface area contributed by atoms with Gasteiger partial charge in [-0.2, -0.15) is 0 Å². The average molecular weight is 327 g/mol. The van der Waals surface area contributed by atoms with Gasteiger partial charge >= 0.3 is 0 Å².